The van der Waals surface area contributed by atoms with Crippen LogP contribution in [0.2, 0.25) is 5.02 Å². The first kappa shape index (κ1) is 21.2. The molecule has 0 atom stereocenters. The monoisotopic (exact) mass is 463 g/mol. The summed E-state index contributed by atoms with van der Waals surface area (Å²) in [6.45, 7) is 2.38. The van der Waals surface area contributed by atoms with Crippen molar-refractivity contribution in [3.05, 3.63) is 71.4 Å². The van der Waals surface area contributed by atoms with E-state index in [2.05, 4.69) is 15.4 Å². The molecular formula is C24H22ClN5O3. The van der Waals surface area contributed by atoms with Crippen molar-refractivity contribution in [2.24, 2.45) is 0 Å². The fourth-order valence-electron chi connectivity index (χ4n) is 3.82. The van der Waals surface area contributed by atoms with Crippen LogP contribution in [-0.2, 0) is 4.74 Å². The predicted molar refractivity (Wildman–Crippen MR) is 126 cm³/mol. The molecule has 0 saturated carbocycles. The Bertz CT molecular complexity index is 1300. The lowest BCUT2D eigenvalue weighted by Gasteiger charge is -2.26. The molecule has 1 saturated heterocycles. The van der Waals surface area contributed by atoms with Crippen LogP contribution in [0.25, 0.3) is 16.8 Å². The van der Waals surface area contributed by atoms with Crippen molar-refractivity contribution in [3.8, 4) is 17.0 Å². The van der Waals surface area contributed by atoms with Crippen molar-refractivity contribution in [1.29, 1.82) is 0 Å². The van der Waals surface area contributed by atoms with Gasteiger partial charge in [0.15, 0.2) is 0 Å². The highest BCUT2D eigenvalue weighted by molar-refractivity contribution is 6.31. The number of fused-ring (bicyclic) bond motifs is 1. The van der Waals surface area contributed by atoms with Gasteiger partial charge in [-0.15, -0.1) is 5.10 Å². The number of hydrogen-bond donors (Lipinski definition) is 1. The Hall–Kier alpha value is -3.62. The number of methoxy groups -OCH3 is 1. The van der Waals surface area contributed by atoms with Crippen molar-refractivity contribution in [2.45, 2.75) is 0 Å². The molecular weight excluding hydrogens is 442 g/mol. The second-order valence-corrected chi connectivity index (χ2v) is 8.03. The molecule has 33 heavy (non-hydrogen) atoms. The van der Waals surface area contributed by atoms with E-state index >= 15 is 0 Å². The summed E-state index contributed by atoms with van der Waals surface area (Å²) in [5.41, 5.74) is 3.92. The van der Waals surface area contributed by atoms with Gasteiger partial charge in [0.05, 0.1) is 37.7 Å². The highest BCUT2D eigenvalue weighted by Crippen LogP contribution is 2.33. The van der Waals surface area contributed by atoms with E-state index in [0.717, 1.165) is 22.5 Å². The molecule has 1 aliphatic heterocycles. The van der Waals surface area contributed by atoms with Crippen LogP contribution in [0.4, 0.5) is 11.6 Å². The Labute approximate surface area is 195 Å². The number of rotatable bonds is 5. The average Bonchev–Trinajstić information content (AvgIpc) is 3.28. The summed E-state index contributed by atoms with van der Waals surface area (Å²) in [6.07, 6.45) is 1.74. The zero-order valence-corrected chi connectivity index (χ0v) is 18.7. The maximum absolute atomic E-state index is 12.6. The van der Waals surface area contributed by atoms with Gasteiger partial charge in [-0.3, -0.25) is 4.79 Å². The summed E-state index contributed by atoms with van der Waals surface area (Å²) in [5.74, 6) is 1.14. The van der Waals surface area contributed by atoms with E-state index < -0.39 is 0 Å². The maximum atomic E-state index is 12.6. The second kappa shape index (κ2) is 9.09. The number of ether oxygens (including phenoxy) is 2. The molecule has 5 rings (SSSR count). The summed E-state index contributed by atoms with van der Waals surface area (Å²) in [6, 6.07) is 16.6. The van der Waals surface area contributed by atoms with Crippen LogP contribution in [0.3, 0.4) is 0 Å². The molecule has 1 N–H and O–H groups in total. The Balaban J connectivity index is 1.39. The van der Waals surface area contributed by atoms with Gasteiger partial charge in [0.2, 0.25) is 5.95 Å². The van der Waals surface area contributed by atoms with E-state index in [1.165, 1.54) is 0 Å². The van der Waals surface area contributed by atoms with E-state index in [1.807, 2.05) is 36.4 Å². The Morgan fingerprint density at radius 2 is 1.88 bits per heavy atom. The number of carbonyl (C=O) groups excluding carboxylic acids is 1. The number of halogens is 1. The van der Waals surface area contributed by atoms with Crippen LogP contribution in [0.15, 0.2) is 60.8 Å². The molecule has 0 aliphatic carbocycles. The summed E-state index contributed by atoms with van der Waals surface area (Å²) in [7, 11) is 1.62. The van der Waals surface area contributed by atoms with Crippen LogP contribution >= 0.6 is 11.6 Å². The molecule has 8 nitrogen and oxygen atoms in total. The maximum Gasteiger partial charge on any atom is 0.254 e. The van der Waals surface area contributed by atoms with Crippen molar-refractivity contribution in [2.75, 3.05) is 38.7 Å². The Morgan fingerprint density at radius 1 is 1.09 bits per heavy atom. The van der Waals surface area contributed by atoms with Crippen molar-refractivity contribution in [3.63, 3.8) is 0 Å². The highest BCUT2D eigenvalue weighted by atomic mass is 35.5. The summed E-state index contributed by atoms with van der Waals surface area (Å²) in [4.78, 5) is 18.9. The van der Waals surface area contributed by atoms with Gasteiger partial charge in [0.25, 0.3) is 5.91 Å². The standard InChI is InChI=1S/C24H22ClN5O3/c1-32-22-9-4-17(25)14-20(22)21-8-7-19-15-26-24(28-30(19)21)27-18-5-2-16(3-6-18)23(31)29-10-12-33-13-11-29/h2-9,14-15H,10-13H2,1H3,(H,27,28). The predicted octanol–water partition coefficient (Wildman–Crippen LogP) is 4.27. The van der Waals surface area contributed by atoms with Crippen LogP contribution in [0, 0.1) is 0 Å². The zero-order valence-electron chi connectivity index (χ0n) is 18.0. The number of hydrogen-bond acceptors (Lipinski definition) is 6. The number of anilines is 2. The first-order valence-corrected chi connectivity index (χ1v) is 10.9. The van der Waals surface area contributed by atoms with E-state index in [4.69, 9.17) is 21.1 Å². The fourth-order valence-corrected chi connectivity index (χ4v) is 3.99. The number of morpholine rings is 1. The van der Waals surface area contributed by atoms with E-state index in [0.29, 0.717) is 48.6 Å². The summed E-state index contributed by atoms with van der Waals surface area (Å²) < 4.78 is 12.6. The number of aromatic nitrogens is 3. The number of benzene rings is 2. The third-order valence-corrected chi connectivity index (χ3v) is 5.76. The number of carbonyl (C=O) groups is 1. The normalized spacial score (nSPS) is 13.8. The molecule has 0 spiro atoms. The van der Waals surface area contributed by atoms with Gasteiger partial charge in [-0.25, -0.2) is 9.50 Å². The first-order valence-electron chi connectivity index (χ1n) is 10.6. The number of amides is 1. The smallest absolute Gasteiger partial charge is 0.254 e. The minimum Gasteiger partial charge on any atom is -0.496 e. The Morgan fingerprint density at radius 3 is 2.64 bits per heavy atom. The van der Waals surface area contributed by atoms with Crippen molar-refractivity contribution >= 4 is 34.7 Å². The molecule has 2 aromatic carbocycles. The van der Waals surface area contributed by atoms with Gasteiger partial charge in [0.1, 0.15) is 5.75 Å². The van der Waals surface area contributed by atoms with Gasteiger partial charge >= 0.3 is 0 Å². The van der Waals surface area contributed by atoms with Gasteiger partial charge in [-0.05, 0) is 54.6 Å². The Kier molecular flexibility index (Phi) is 5.85. The van der Waals surface area contributed by atoms with Gasteiger partial charge in [-0.2, -0.15) is 0 Å². The fraction of sp³-hybridized carbons (Fsp3) is 0.208. The minimum absolute atomic E-state index is 0.00923. The third-order valence-electron chi connectivity index (χ3n) is 5.52. The lowest BCUT2D eigenvalue weighted by atomic mass is 10.1. The quantitative estimate of drug-likeness (QED) is 0.476. The van der Waals surface area contributed by atoms with E-state index in [9.17, 15) is 4.79 Å². The van der Waals surface area contributed by atoms with Crippen LogP contribution < -0.4 is 10.1 Å². The molecule has 168 valence electrons. The van der Waals surface area contributed by atoms with E-state index in [-0.39, 0.29) is 5.91 Å². The van der Waals surface area contributed by atoms with E-state index in [1.54, 1.807) is 40.9 Å². The SMILES string of the molecule is COc1ccc(Cl)cc1-c1ccc2cnc(Nc3ccc(C(=O)N4CCOCC4)cc3)nn12. The first-order chi connectivity index (χ1) is 16.1. The molecule has 2 aromatic heterocycles. The van der Waals surface area contributed by atoms with Gasteiger partial charge in [0, 0.05) is 34.9 Å². The summed E-state index contributed by atoms with van der Waals surface area (Å²) in [5, 5.41) is 8.47. The molecule has 0 bridgehead atoms. The lowest BCUT2D eigenvalue weighted by molar-refractivity contribution is 0.0303. The zero-order chi connectivity index (χ0) is 22.8. The van der Waals surface area contributed by atoms with Crippen LogP contribution in [0.5, 0.6) is 5.75 Å². The van der Waals surface area contributed by atoms with Crippen LogP contribution in [-0.4, -0.2) is 58.8 Å². The third kappa shape index (κ3) is 4.35. The lowest BCUT2D eigenvalue weighted by Crippen LogP contribution is -2.40. The summed E-state index contributed by atoms with van der Waals surface area (Å²) >= 11 is 6.22. The number of nitrogens with zero attached hydrogens (tertiary/aromatic N) is 4. The highest BCUT2D eigenvalue weighted by Gasteiger charge is 2.18. The van der Waals surface area contributed by atoms with Gasteiger partial charge < -0.3 is 19.7 Å². The van der Waals surface area contributed by atoms with Crippen molar-refractivity contribution in [1.82, 2.24) is 19.5 Å². The van der Waals surface area contributed by atoms with Gasteiger partial charge in [-0.1, -0.05) is 11.6 Å². The second-order valence-electron chi connectivity index (χ2n) is 7.59. The topological polar surface area (TPSA) is 81.0 Å². The number of nitrogens with one attached hydrogen (secondary N) is 1. The molecule has 1 aliphatic rings. The molecule has 1 amide bonds. The molecule has 0 radical (unpaired) electrons. The van der Waals surface area contributed by atoms with Crippen molar-refractivity contribution < 1.29 is 14.3 Å². The molecule has 9 heteroatoms. The molecule has 4 aromatic rings. The molecule has 1 fully saturated rings. The average molecular weight is 464 g/mol. The minimum atomic E-state index is 0.00923. The largest absolute Gasteiger partial charge is 0.496 e. The molecule has 3 heterocycles. The van der Waals surface area contributed by atoms with Crippen LogP contribution in [0.1, 0.15) is 10.4 Å². The molecule has 0 unspecified atom stereocenters.